The second kappa shape index (κ2) is 4.61. The maximum Gasteiger partial charge on any atom is 0.317 e. The van der Waals surface area contributed by atoms with Crippen molar-refractivity contribution < 1.29 is 13.2 Å². The van der Waals surface area contributed by atoms with E-state index >= 15 is 0 Å². The molecule has 14 heavy (non-hydrogen) atoms. The van der Waals surface area contributed by atoms with E-state index in [2.05, 4.69) is 5.32 Å². The Hall–Kier alpha value is -0.820. The molecule has 0 saturated carbocycles. The summed E-state index contributed by atoms with van der Waals surface area (Å²) in [6.45, 7) is 1.56. The summed E-state index contributed by atoms with van der Waals surface area (Å²) in [5.41, 5.74) is 5.15. The van der Waals surface area contributed by atoms with Crippen LogP contribution < -0.4 is 11.1 Å². The molecule has 82 valence electrons. The van der Waals surface area contributed by atoms with E-state index in [1.807, 2.05) is 0 Å². The second-order valence-corrected chi connectivity index (χ2v) is 5.46. The van der Waals surface area contributed by atoms with Crippen LogP contribution in [0.2, 0.25) is 0 Å². The fourth-order valence-corrected chi connectivity index (χ4v) is 2.32. The molecule has 1 rings (SSSR count). The van der Waals surface area contributed by atoms with Gasteiger partial charge in [0.25, 0.3) is 0 Å². The standard InChI is InChI=1S/C7H15N3O3S/c8-1-5-14(12,13)6-4-10-3-2-9-7(10)11/h1-6,8H2,(H,9,11). The van der Waals surface area contributed by atoms with Crippen molar-refractivity contribution in [3.8, 4) is 0 Å². The Morgan fingerprint density at radius 3 is 2.64 bits per heavy atom. The summed E-state index contributed by atoms with van der Waals surface area (Å²) in [5.74, 6) is -0.0138. The highest BCUT2D eigenvalue weighted by Crippen LogP contribution is 1.98. The number of amides is 2. The van der Waals surface area contributed by atoms with Gasteiger partial charge in [0.1, 0.15) is 0 Å². The molecule has 0 aromatic heterocycles. The summed E-state index contributed by atoms with van der Waals surface area (Å²) in [4.78, 5) is 12.5. The Kier molecular flexibility index (Phi) is 3.70. The van der Waals surface area contributed by atoms with E-state index in [0.717, 1.165) is 0 Å². The molecule has 6 nitrogen and oxygen atoms in total. The van der Waals surface area contributed by atoms with Crippen molar-refractivity contribution in [1.82, 2.24) is 10.2 Å². The van der Waals surface area contributed by atoms with E-state index in [1.54, 1.807) is 0 Å². The van der Waals surface area contributed by atoms with Gasteiger partial charge in [-0.25, -0.2) is 13.2 Å². The molecule has 3 N–H and O–H groups in total. The first-order valence-corrected chi connectivity index (χ1v) is 6.30. The lowest BCUT2D eigenvalue weighted by molar-refractivity contribution is 0.220. The molecule has 7 heteroatoms. The summed E-state index contributed by atoms with van der Waals surface area (Å²) in [6.07, 6.45) is 0. The van der Waals surface area contributed by atoms with E-state index in [-0.39, 0.29) is 30.6 Å². The van der Waals surface area contributed by atoms with Crippen molar-refractivity contribution >= 4 is 15.9 Å². The van der Waals surface area contributed by atoms with Gasteiger partial charge < -0.3 is 16.0 Å². The monoisotopic (exact) mass is 221 g/mol. The second-order valence-electron chi connectivity index (χ2n) is 3.16. The van der Waals surface area contributed by atoms with Crippen molar-refractivity contribution in [2.45, 2.75) is 0 Å². The quantitative estimate of drug-likeness (QED) is 0.584. The lowest BCUT2D eigenvalue weighted by atomic mass is 10.6. The maximum atomic E-state index is 11.3. The Morgan fingerprint density at radius 1 is 1.43 bits per heavy atom. The van der Waals surface area contributed by atoms with Crippen LogP contribution in [-0.2, 0) is 9.84 Å². The molecule has 0 radical (unpaired) electrons. The summed E-state index contributed by atoms with van der Waals surface area (Å²) in [7, 11) is -3.09. The highest BCUT2D eigenvalue weighted by atomic mass is 32.2. The molecule has 0 bridgehead atoms. The molecule has 0 aromatic carbocycles. The van der Waals surface area contributed by atoms with Crippen LogP contribution in [0.15, 0.2) is 0 Å². The zero-order valence-corrected chi connectivity index (χ0v) is 8.72. The number of nitrogens with one attached hydrogen (secondary N) is 1. The van der Waals surface area contributed by atoms with Gasteiger partial charge in [0, 0.05) is 26.2 Å². The fourth-order valence-electron chi connectivity index (χ4n) is 1.26. The Balaban J connectivity index is 2.36. The van der Waals surface area contributed by atoms with Gasteiger partial charge in [-0.2, -0.15) is 0 Å². The number of rotatable bonds is 5. The predicted octanol–water partition coefficient (Wildman–Crippen LogP) is -1.61. The predicted molar refractivity (Wildman–Crippen MR) is 52.7 cm³/mol. The Bertz CT molecular complexity index is 301. The average Bonchev–Trinajstić information content (AvgIpc) is 2.48. The van der Waals surface area contributed by atoms with Gasteiger partial charge in [0.2, 0.25) is 0 Å². The number of nitrogens with zero attached hydrogens (tertiary/aromatic N) is 1. The lowest BCUT2D eigenvalue weighted by Crippen LogP contribution is -2.33. The number of carbonyl (C=O) groups is 1. The molecule has 0 atom stereocenters. The van der Waals surface area contributed by atoms with Crippen LogP contribution in [0.3, 0.4) is 0 Å². The van der Waals surface area contributed by atoms with E-state index in [1.165, 1.54) is 4.90 Å². The van der Waals surface area contributed by atoms with Crippen molar-refractivity contribution in [2.24, 2.45) is 5.73 Å². The lowest BCUT2D eigenvalue weighted by Gasteiger charge is -2.13. The first kappa shape index (κ1) is 11.3. The molecule has 1 heterocycles. The van der Waals surface area contributed by atoms with Gasteiger partial charge in [-0.3, -0.25) is 0 Å². The molecule has 1 aliphatic rings. The molecule has 0 aromatic rings. The number of sulfone groups is 1. The molecule has 1 saturated heterocycles. The van der Waals surface area contributed by atoms with Gasteiger partial charge in [-0.15, -0.1) is 0 Å². The van der Waals surface area contributed by atoms with Crippen molar-refractivity contribution in [3.05, 3.63) is 0 Å². The van der Waals surface area contributed by atoms with Crippen molar-refractivity contribution in [2.75, 3.05) is 37.7 Å². The highest BCUT2D eigenvalue weighted by Gasteiger charge is 2.21. The molecule has 0 aliphatic carbocycles. The molecule has 0 spiro atoms. The van der Waals surface area contributed by atoms with Gasteiger partial charge in [-0.05, 0) is 0 Å². The maximum absolute atomic E-state index is 11.3. The summed E-state index contributed by atoms with van der Waals surface area (Å²) < 4.78 is 22.5. The van der Waals surface area contributed by atoms with E-state index in [4.69, 9.17) is 5.73 Å². The van der Waals surface area contributed by atoms with Gasteiger partial charge >= 0.3 is 6.03 Å². The van der Waals surface area contributed by atoms with Crippen LogP contribution in [0.1, 0.15) is 0 Å². The minimum absolute atomic E-state index is 0.00236. The first-order valence-electron chi connectivity index (χ1n) is 4.48. The Labute approximate surface area is 83.4 Å². The normalized spacial score (nSPS) is 17.2. The molecule has 1 aliphatic heterocycles. The van der Waals surface area contributed by atoms with Crippen molar-refractivity contribution in [1.29, 1.82) is 0 Å². The van der Waals surface area contributed by atoms with Crippen LogP contribution in [0.5, 0.6) is 0 Å². The minimum Gasteiger partial charge on any atom is -0.336 e. The smallest absolute Gasteiger partial charge is 0.317 e. The Morgan fingerprint density at radius 2 is 2.14 bits per heavy atom. The first-order chi connectivity index (χ1) is 6.55. The number of nitrogens with two attached hydrogens (primary N) is 1. The average molecular weight is 221 g/mol. The van der Waals surface area contributed by atoms with Gasteiger partial charge in [0.15, 0.2) is 9.84 Å². The molecular weight excluding hydrogens is 206 g/mol. The highest BCUT2D eigenvalue weighted by molar-refractivity contribution is 7.91. The number of carbonyl (C=O) groups excluding carboxylic acids is 1. The van der Waals surface area contributed by atoms with E-state index < -0.39 is 9.84 Å². The van der Waals surface area contributed by atoms with Crippen LogP contribution in [0, 0.1) is 0 Å². The number of hydrogen-bond donors (Lipinski definition) is 2. The zero-order chi connectivity index (χ0) is 10.6. The minimum atomic E-state index is -3.09. The zero-order valence-electron chi connectivity index (χ0n) is 7.90. The summed E-state index contributed by atoms with van der Waals surface area (Å²) in [6, 6.07) is -0.187. The van der Waals surface area contributed by atoms with E-state index in [0.29, 0.717) is 13.1 Å². The van der Waals surface area contributed by atoms with Crippen LogP contribution in [0.25, 0.3) is 0 Å². The largest absolute Gasteiger partial charge is 0.336 e. The third kappa shape index (κ3) is 3.15. The van der Waals surface area contributed by atoms with Crippen LogP contribution >= 0.6 is 0 Å². The third-order valence-corrected chi connectivity index (χ3v) is 3.71. The van der Waals surface area contributed by atoms with Gasteiger partial charge in [0.05, 0.1) is 11.5 Å². The fraction of sp³-hybridized carbons (Fsp3) is 0.857. The summed E-state index contributed by atoms with van der Waals surface area (Å²) in [5, 5.41) is 2.61. The molecule has 0 unspecified atom stereocenters. The molecule has 2 amide bonds. The SMILES string of the molecule is NCCS(=O)(=O)CCN1CCNC1=O. The number of hydrogen-bond acceptors (Lipinski definition) is 4. The van der Waals surface area contributed by atoms with Crippen molar-refractivity contribution in [3.63, 3.8) is 0 Å². The third-order valence-electron chi connectivity index (χ3n) is 2.05. The number of urea groups is 1. The molecule has 1 fully saturated rings. The van der Waals surface area contributed by atoms with Crippen LogP contribution in [-0.4, -0.2) is 57.0 Å². The van der Waals surface area contributed by atoms with Crippen LogP contribution in [0.4, 0.5) is 4.79 Å². The summed E-state index contributed by atoms with van der Waals surface area (Å²) >= 11 is 0. The van der Waals surface area contributed by atoms with Gasteiger partial charge in [-0.1, -0.05) is 0 Å². The van der Waals surface area contributed by atoms with E-state index in [9.17, 15) is 13.2 Å². The topological polar surface area (TPSA) is 92.5 Å². The molecular formula is C7H15N3O3S.